The lowest BCUT2D eigenvalue weighted by atomic mass is 10.1. The Morgan fingerprint density at radius 1 is 1.05 bits per heavy atom. The van der Waals surface area contributed by atoms with Gasteiger partial charge in [0.2, 0.25) is 0 Å². The topological polar surface area (TPSA) is 125 Å². The number of nitrogens with zero attached hydrogens (tertiary/aromatic N) is 1. The summed E-state index contributed by atoms with van der Waals surface area (Å²) in [6.45, 7) is -0.540. The molecule has 1 amide bonds. The zero-order chi connectivity index (χ0) is 26.3. The Labute approximate surface area is 219 Å². The van der Waals surface area contributed by atoms with Crippen LogP contribution in [-0.4, -0.2) is 26.9 Å². The summed E-state index contributed by atoms with van der Waals surface area (Å²) in [6.07, 6.45) is 6.37. The number of hydrogen-bond donors (Lipinski definition) is 2. The Morgan fingerprint density at radius 2 is 1.84 bits per heavy atom. The molecule has 4 rings (SSSR count). The van der Waals surface area contributed by atoms with Crippen LogP contribution >= 0.6 is 11.3 Å². The Kier molecular flexibility index (Phi) is 8.38. The Hall–Kier alpha value is -3.94. The number of nitrogens with one attached hydrogen (secondary N) is 2. The Morgan fingerprint density at radius 3 is 2.62 bits per heavy atom. The quantitative estimate of drug-likeness (QED) is 0.305. The van der Waals surface area contributed by atoms with E-state index in [0.29, 0.717) is 10.6 Å². The van der Waals surface area contributed by atoms with E-state index in [2.05, 4.69) is 16.1 Å². The normalized spacial score (nSPS) is 13.3. The summed E-state index contributed by atoms with van der Waals surface area (Å²) >= 11 is 1.40. The van der Waals surface area contributed by atoms with Gasteiger partial charge >= 0.3 is 5.97 Å². The first kappa shape index (κ1) is 26.1. The fraction of sp³-hybridized carbons (Fsp3) is 0.222. The van der Waals surface area contributed by atoms with E-state index in [0.717, 1.165) is 53.5 Å². The molecule has 190 valence electrons. The second-order valence-corrected chi connectivity index (χ2v) is 11.1. The van der Waals surface area contributed by atoms with E-state index in [1.807, 2.05) is 6.07 Å². The van der Waals surface area contributed by atoms with Crippen molar-refractivity contribution in [2.45, 2.75) is 32.1 Å². The van der Waals surface area contributed by atoms with Crippen molar-refractivity contribution in [2.75, 3.05) is 16.6 Å². The van der Waals surface area contributed by atoms with Gasteiger partial charge in [0.05, 0.1) is 16.5 Å². The first-order chi connectivity index (χ1) is 17.8. The lowest BCUT2D eigenvalue weighted by molar-refractivity contribution is -0.119. The van der Waals surface area contributed by atoms with Crippen LogP contribution in [0, 0.1) is 11.3 Å². The predicted octanol–water partition coefficient (Wildman–Crippen LogP) is 5.10. The predicted molar refractivity (Wildman–Crippen MR) is 144 cm³/mol. The molecule has 10 heteroatoms. The van der Waals surface area contributed by atoms with E-state index < -0.39 is 28.5 Å². The summed E-state index contributed by atoms with van der Waals surface area (Å²) in [5, 5.41) is 13.8. The van der Waals surface area contributed by atoms with Gasteiger partial charge in [-0.25, -0.2) is 13.2 Å². The van der Waals surface area contributed by atoms with E-state index in [1.54, 1.807) is 24.3 Å². The fourth-order valence-electron chi connectivity index (χ4n) is 3.97. The van der Waals surface area contributed by atoms with Gasteiger partial charge in [-0.1, -0.05) is 42.8 Å². The maximum absolute atomic E-state index is 12.5. The van der Waals surface area contributed by atoms with Crippen LogP contribution in [0.25, 0.3) is 6.08 Å². The fourth-order valence-corrected chi connectivity index (χ4v) is 6.08. The summed E-state index contributed by atoms with van der Waals surface area (Å²) in [4.78, 5) is 26.1. The molecular weight excluding hydrogens is 510 g/mol. The van der Waals surface area contributed by atoms with Crippen molar-refractivity contribution in [3.05, 3.63) is 87.1 Å². The van der Waals surface area contributed by atoms with Gasteiger partial charge < -0.3 is 10.1 Å². The van der Waals surface area contributed by atoms with Gasteiger partial charge in [-0.15, -0.1) is 11.3 Å². The van der Waals surface area contributed by atoms with Crippen LogP contribution in [0.5, 0.6) is 0 Å². The zero-order valence-electron chi connectivity index (χ0n) is 19.9. The number of hydrogen-bond acceptors (Lipinski definition) is 7. The van der Waals surface area contributed by atoms with Gasteiger partial charge in [-0.2, -0.15) is 5.26 Å². The summed E-state index contributed by atoms with van der Waals surface area (Å²) in [6, 6.07) is 17.0. The molecular formula is C27H25N3O5S2. The molecule has 2 N–H and O–H groups in total. The van der Waals surface area contributed by atoms with Gasteiger partial charge in [-0.3, -0.25) is 9.52 Å². The third-order valence-electron chi connectivity index (χ3n) is 5.72. The molecule has 0 spiro atoms. The van der Waals surface area contributed by atoms with E-state index in [4.69, 9.17) is 4.74 Å². The highest BCUT2D eigenvalue weighted by Gasteiger charge is 2.21. The molecule has 1 aliphatic rings. The smallest absolute Gasteiger partial charge is 0.338 e. The van der Waals surface area contributed by atoms with Crippen LogP contribution in [0.4, 0.5) is 10.7 Å². The number of aryl methyl sites for hydroxylation is 1. The second kappa shape index (κ2) is 11.9. The number of thiophene rings is 1. The van der Waals surface area contributed by atoms with Crippen molar-refractivity contribution in [1.82, 2.24) is 0 Å². The molecule has 1 heterocycles. The minimum atomic E-state index is -3.82. The molecule has 0 saturated heterocycles. The zero-order valence-corrected chi connectivity index (χ0v) is 21.5. The minimum Gasteiger partial charge on any atom is -0.452 e. The van der Waals surface area contributed by atoms with Crippen LogP contribution in [0.2, 0.25) is 0 Å². The maximum atomic E-state index is 12.5. The first-order valence-corrected chi connectivity index (χ1v) is 14.1. The summed E-state index contributed by atoms with van der Waals surface area (Å²) in [5.41, 5.74) is 2.48. The van der Waals surface area contributed by atoms with Gasteiger partial charge in [-0.05, 0) is 61.1 Å². The van der Waals surface area contributed by atoms with Crippen molar-refractivity contribution in [1.29, 1.82) is 5.26 Å². The van der Waals surface area contributed by atoms with E-state index >= 15 is 0 Å². The van der Waals surface area contributed by atoms with Crippen molar-refractivity contribution < 1.29 is 22.7 Å². The number of anilines is 2. The van der Waals surface area contributed by atoms with Gasteiger partial charge in [0.15, 0.2) is 6.61 Å². The van der Waals surface area contributed by atoms with E-state index in [-0.39, 0.29) is 11.3 Å². The number of sulfonamides is 1. The highest BCUT2D eigenvalue weighted by molar-refractivity contribution is 7.95. The van der Waals surface area contributed by atoms with Crippen molar-refractivity contribution >= 4 is 50.0 Å². The highest BCUT2D eigenvalue weighted by Crippen LogP contribution is 2.36. The maximum Gasteiger partial charge on any atom is 0.338 e. The largest absolute Gasteiger partial charge is 0.452 e. The Balaban J connectivity index is 1.35. The minimum absolute atomic E-state index is 0.0839. The standard InChI is InChI=1S/C27H25N3O5S2/c28-17-23-22-12-5-2-6-13-24(22)36-26(23)29-25(31)18-35-27(32)20-10-7-11-21(16-20)30-37(33,34)15-14-19-8-3-1-4-9-19/h1,3-4,7-11,14-16,30H,2,5-6,12-13,18H2,(H,29,31). The molecule has 0 atom stereocenters. The van der Waals surface area contributed by atoms with Crippen LogP contribution in [0.3, 0.4) is 0 Å². The van der Waals surface area contributed by atoms with Crippen molar-refractivity contribution in [3.8, 4) is 6.07 Å². The number of rotatable bonds is 8. The molecule has 8 nitrogen and oxygen atoms in total. The summed E-state index contributed by atoms with van der Waals surface area (Å²) in [7, 11) is -3.82. The van der Waals surface area contributed by atoms with Gasteiger partial charge in [0.25, 0.3) is 15.9 Å². The molecule has 0 bridgehead atoms. The number of carbonyl (C=O) groups is 2. The second-order valence-electron chi connectivity index (χ2n) is 8.45. The van der Waals surface area contributed by atoms with Crippen LogP contribution in [0.1, 0.15) is 51.2 Å². The van der Waals surface area contributed by atoms with E-state index in [1.165, 1.54) is 41.7 Å². The number of carbonyl (C=O) groups excluding carboxylic acids is 2. The molecule has 1 aromatic heterocycles. The molecule has 3 aromatic rings. The molecule has 0 fully saturated rings. The lowest BCUT2D eigenvalue weighted by Gasteiger charge is -2.08. The average Bonchev–Trinajstić information content (AvgIpc) is 3.04. The third kappa shape index (κ3) is 7.06. The molecule has 0 unspecified atom stereocenters. The van der Waals surface area contributed by atoms with E-state index in [9.17, 15) is 23.3 Å². The average molecular weight is 536 g/mol. The third-order valence-corrected chi connectivity index (χ3v) is 7.94. The number of fused-ring (bicyclic) bond motifs is 1. The summed E-state index contributed by atoms with van der Waals surface area (Å²) in [5.74, 6) is -1.33. The summed E-state index contributed by atoms with van der Waals surface area (Å²) < 4.78 is 32.3. The number of ether oxygens (including phenoxy) is 1. The molecule has 37 heavy (non-hydrogen) atoms. The molecule has 2 aromatic carbocycles. The Bertz CT molecular complexity index is 1470. The number of amides is 1. The van der Waals surface area contributed by atoms with Crippen molar-refractivity contribution in [2.24, 2.45) is 0 Å². The number of nitriles is 1. The monoisotopic (exact) mass is 535 g/mol. The van der Waals surface area contributed by atoms with Gasteiger partial charge in [0, 0.05) is 10.6 Å². The molecule has 1 aliphatic carbocycles. The van der Waals surface area contributed by atoms with Crippen molar-refractivity contribution in [3.63, 3.8) is 0 Å². The molecule has 0 radical (unpaired) electrons. The van der Waals surface area contributed by atoms with Crippen LogP contribution in [-0.2, 0) is 32.4 Å². The number of esters is 1. The first-order valence-electron chi connectivity index (χ1n) is 11.7. The van der Waals surface area contributed by atoms with Crippen LogP contribution in [0.15, 0.2) is 60.0 Å². The van der Waals surface area contributed by atoms with Crippen LogP contribution < -0.4 is 10.0 Å². The SMILES string of the molecule is N#Cc1c(NC(=O)COC(=O)c2cccc(NS(=O)(=O)C=Cc3ccccc3)c2)sc2c1CCCCC2. The molecule has 0 aliphatic heterocycles. The highest BCUT2D eigenvalue weighted by atomic mass is 32.2. The van der Waals surface area contributed by atoms with Gasteiger partial charge in [0.1, 0.15) is 11.1 Å². The number of benzene rings is 2. The molecule has 0 saturated carbocycles. The lowest BCUT2D eigenvalue weighted by Crippen LogP contribution is -2.21.